The zero-order valence-corrected chi connectivity index (χ0v) is 10.6. The van der Waals surface area contributed by atoms with E-state index in [1.54, 1.807) is 0 Å². The van der Waals surface area contributed by atoms with Gasteiger partial charge in [-0.1, -0.05) is 19.9 Å². The summed E-state index contributed by atoms with van der Waals surface area (Å²) in [6.45, 7) is 6.13. The van der Waals surface area contributed by atoms with Crippen molar-refractivity contribution < 1.29 is 5.11 Å². The van der Waals surface area contributed by atoms with E-state index in [1.807, 2.05) is 19.1 Å². The second-order valence-electron chi connectivity index (χ2n) is 4.63. The Bertz CT molecular complexity index is 410. The van der Waals surface area contributed by atoms with E-state index < -0.39 is 0 Å². The Kier molecular flexibility index (Phi) is 4.92. The lowest BCUT2D eigenvalue weighted by molar-refractivity contribution is 0.259. The van der Waals surface area contributed by atoms with Crippen LogP contribution >= 0.6 is 0 Å². The van der Waals surface area contributed by atoms with Crippen LogP contribution in [0, 0.1) is 24.2 Å². The first-order valence-electron chi connectivity index (χ1n) is 5.82. The maximum absolute atomic E-state index is 9.26. The molecular weight excluding hydrogens is 214 g/mol. The van der Waals surface area contributed by atoms with E-state index in [1.165, 1.54) is 0 Å². The summed E-state index contributed by atoms with van der Waals surface area (Å²) in [5, 5.41) is 21.3. The summed E-state index contributed by atoms with van der Waals surface area (Å²) in [7, 11) is 0. The number of aliphatic hydroxyl groups excluding tert-OH is 1. The number of hydrogen-bond donors (Lipinski definition) is 2. The van der Waals surface area contributed by atoms with Gasteiger partial charge in [-0.3, -0.25) is 0 Å². The Hall–Kier alpha value is -1.60. The third-order valence-electron chi connectivity index (χ3n) is 2.53. The van der Waals surface area contributed by atoms with Crippen molar-refractivity contribution in [3.8, 4) is 6.07 Å². The second-order valence-corrected chi connectivity index (χ2v) is 4.63. The summed E-state index contributed by atoms with van der Waals surface area (Å²) in [4.78, 5) is 4.20. The van der Waals surface area contributed by atoms with Crippen molar-refractivity contribution >= 4 is 5.82 Å². The molecule has 92 valence electrons. The fourth-order valence-electron chi connectivity index (χ4n) is 1.68. The van der Waals surface area contributed by atoms with Crippen molar-refractivity contribution in [3.05, 3.63) is 23.4 Å². The molecule has 1 aromatic rings. The SMILES string of the molecule is Cc1ccc(NC(CO)CC(C)C)nc1C#N. The number of pyridine rings is 1. The largest absolute Gasteiger partial charge is 0.394 e. The number of nitriles is 1. The molecular formula is C13H19N3O. The van der Waals surface area contributed by atoms with Gasteiger partial charge in [-0.15, -0.1) is 0 Å². The Morgan fingerprint density at radius 3 is 2.71 bits per heavy atom. The molecule has 0 fully saturated rings. The van der Waals surface area contributed by atoms with Crippen LogP contribution in [0.3, 0.4) is 0 Å². The van der Waals surface area contributed by atoms with Crippen LogP contribution in [0.4, 0.5) is 5.82 Å². The molecule has 4 heteroatoms. The van der Waals surface area contributed by atoms with Gasteiger partial charge >= 0.3 is 0 Å². The zero-order valence-electron chi connectivity index (χ0n) is 10.6. The maximum Gasteiger partial charge on any atom is 0.145 e. The number of aryl methyl sites for hydroxylation is 1. The van der Waals surface area contributed by atoms with Gasteiger partial charge in [0.15, 0.2) is 0 Å². The van der Waals surface area contributed by atoms with Gasteiger partial charge in [0.05, 0.1) is 12.6 Å². The monoisotopic (exact) mass is 233 g/mol. The normalized spacial score (nSPS) is 12.2. The van der Waals surface area contributed by atoms with Gasteiger partial charge < -0.3 is 10.4 Å². The van der Waals surface area contributed by atoms with Crippen LogP contribution in [0.25, 0.3) is 0 Å². The zero-order chi connectivity index (χ0) is 12.8. The number of aromatic nitrogens is 1. The number of anilines is 1. The maximum atomic E-state index is 9.26. The van der Waals surface area contributed by atoms with E-state index in [4.69, 9.17) is 5.26 Å². The van der Waals surface area contributed by atoms with Crippen LogP contribution in [-0.2, 0) is 0 Å². The molecule has 0 aliphatic carbocycles. The molecule has 1 heterocycles. The fourth-order valence-corrected chi connectivity index (χ4v) is 1.68. The minimum Gasteiger partial charge on any atom is -0.394 e. The quantitative estimate of drug-likeness (QED) is 0.817. The van der Waals surface area contributed by atoms with Crippen LogP contribution in [0.2, 0.25) is 0 Å². The predicted octanol–water partition coefficient (Wildman–Crippen LogP) is 2.08. The van der Waals surface area contributed by atoms with Gasteiger partial charge in [-0.05, 0) is 30.9 Å². The summed E-state index contributed by atoms with van der Waals surface area (Å²) in [6.07, 6.45) is 0.869. The van der Waals surface area contributed by atoms with Crippen LogP contribution in [0.5, 0.6) is 0 Å². The number of rotatable bonds is 5. The van der Waals surface area contributed by atoms with Gasteiger partial charge in [0, 0.05) is 0 Å². The molecule has 0 radical (unpaired) electrons. The molecule has 4 nitrogen and oxygen atoms in total. The number of nitrogens with zero attached hydrogens (tertiary/aromatic N) is 2. The first-order chi connectivity index (χ1) is 8.06. The Labute approximate surface area is 102 Å². The van der Waals surface area contributed by atoms with Crippen molar-refractivity contribution in [1.29, 1.82) is 5.26 Å². The van der Waals surface area contributed by atoms with E-state index >= 15 is 0 Å². The van der Waals surface area contributed by atoms with Gasteiger partial charge in [0.2, 0.25) is 0 Å². The standard InChI is InChI=1S/C13H19N3O/c1-9(2)6-11(8-17)15-13-5-4-10(3)12(7-14)16-13/h4-5,9,11,17H,6,8H2,1-3H3,(H,15,16). The number of hydrogen-bond acceptors (Lipinski definition) is 4. The molecule has 0 aliphatic heterocycles. The lowest BCUT2D eigenvalue weighted by Gasteiger charge is -2.19. The predicted molar refractivity (Wildman–Crippen MR) is 67.6 cm³/mol. The van der Waals surface area contributed by atoms with E-state index in [9.17, 15) is 5.11 Å². The Morgan fingerprint density at radius 2 is 2.18 bits per heavy atom. The minimum atomic E-state index is -0.0169. The summed E-state index contributed by atoms with van der Waals surface area (Å²) >= 11 is 0. The van der Waals surface area contributed by atoms with Gasteiger partial charge in [0.25, 0.3) is 0 Å². The molecule has 0 saturated heterocycles. The van der Waals surface area contributed by atoms with E-state index in [-0.39, 0.29) is 12.6 Å². The van der Waals surface area contributed by atoms with Crippen LogP contribution in [0.15, 0.2) is 12.1 Å². The Balaban J connectivity index is 2.77. The van der Waals surface area contributed by atoms with Crippen molar-refractivity contribution in [2.24, 2.45) is 5.92 Å². The van der Waals surface area contributed by atoms with Crippen LogP contribution in [-0.4, -0.2) is 22.7 Å². The lowest BCUT2D eigenvalue weighted by Crippen LogP contribution is -2.26. The topological polar surface area (TPSA) is 68.9 Å². The summed E-state index contributed by atoms with van der Waals surface area (Å²) in [5.41, 5.74) is 1.29. The van der Waals surface area contributed by atoms with E-state index in [0.717, 1.165) is 12.0 Å². The highest BCUT2D eigenvalue weighted by Crippen LogP contribution is 2.13. The molecule has 0 bridgehead atoms. The third-order valence-corrected chi connectivity index (χ3v) is 2.53. The van der Waals surface area contributed by atoms with E-state index in [2.05, 4.69) is 30.2 Å². The molecule has 0 aromatic carbocycles. The van der Waals surface area contributed by atoms with Gasteiger partial charge in [-0.25, -0.2) is 4.98 Å². The summed E-state index contributed by atoms with van der Waals surface area (Å²) < 4.78 is 0. The average Bonchev–Trinajstić information content (AvgIpc) is 2.30. The highest BCUT2D eigenvalue weighted by Gasteiger charge is 2.10. The Morgan fingerprint density at radius 1 is 1.47 bits per heavy atom. The molecule has 0 spiro atoms. The van der Waals surface area contributed by atoms with Gasteiger partial charge in [-0.2, -0.15) is 5.26 Å². The molecule has 1 aromatic heterocycles. The molecule has 0 amide bonds. The lowest BCUT2D eigenvalue weighted by atomic mass is 10.0. The van der Waals surface area contributed by atoms with Crippen molar-refractivity contribution in [3.63, 3.8) is 0 Å². The minimum absolute atomic E-state index is 0.0169. The van der Waals surface area contributed by atoms with Gasteiger partial charge in [0.1, 0.15) is 17.6 Å². The van der Waals surface area contributed by atoms with Crippen LogP contribution < -0.4 is 5.32 Å². The molecule has 1 unspecified atom stereocenters. The van der Waals surface area contributed by atoms with Crippen LogP contribution in [0.1, 0.15) is 31.5 Å². The van der Waals surface area contributed by atoms with Crippen molar-refractivity contribution in [2.45, 2.75) is 33.2 Å². The highest BCUT2D eigenvalue weighted by atomic mass is 16.3. The number of aliphatic hydroxyl groups is 1. The summed E-state index contributed by atoms with van der Waals surface area (Å²) in [5.74, 6) is 1.15. The average molecular weight is 233 g/mol. The number of nitrogens with one attached hydrogen (secondary N) is 1. The van der Waals surface area contributed by atoms with Crippen molar-refractivity contribution in [1.82, 2.24) is 4.98 Å². The molecule has 2 N–H and O–H groups in total. The first-order valence-corrected chi connectivity index (χ1v) is 5.82. The molecule has 17 heavy (non-hydrogen) atoms. The first kappa shape index (κ1) is 13.5. The smallest absolute Gasteiger partial charge is 0.145 e. The van der Waals surface area contributed by atoms with E-state index in [0.29, 0.717) is 17.4 Å². The summed E-state index contributed by atoms with van der Waals surface area (Å²) in [6, 6.07) is 5.73. The fraction of sp³-hybridized carbons (Fsp3) is 0.538. The molecule has 0 saturated carbocycles. The second kappa shape index (κ2) is 6.21. The third kappa shape index (κ3) is 4.04. The van der Waals surface area contributed by atoms with Crippen molar-refractivity contribution in [2.75, 3.05) is 11.9 Å². The highest BCUT2D eigenvalue weighted by molar-refractivity contribution is 5.43. The molecule has 0 aliphatic rings. The molecule has 1 rings (SSSR count). The molecule has 1 atom stereocenters.